The van der Waals surface area contributed by atoms with Crippen molar-refractivity contribution in [2.24, 2.45) is 0 Å². The van der Waals surface area contributed by atoms with Gasteiger partial charge in [-0.3, -0.25) is 14.7 Å². The van der Waals surface area contributed by atoms with Crippen molar-refractivity contribution in [1.82, 2.24) is 9.88 Å². The Balaban J connectivity index is 2.44. The zero-order valence-electron chi connectivity index (χ0n) is 13.4. The van der Waals surface area contributed by atoms with Crippen LogP contribution >= 0.6 is 0 Å². The SMILES string of the molecule is CCN(CC)C(C)(CC)C(=O)c1ccc2cccnc2c1. The molecule has 21 heavy (non-hydrogen) atoms. The van der Waals surface area contributed by atoms with Crippen LogP contribution in [0.1, 0.15) is 44.5 Å². The lowest BCUT2D eigenvalue weighted by molar-refractivity contribution is 0.0608. The minimum absolute atomic E-state index is 0.182. The van der Waals surface area contributed by atoms with Gasteiger partial charge in [0.2, 0.25) is 0 Å². The minimum Gasteiger partial charge on any atom is -0.292 e. The summed E-state index contributed by atoms with van der Waals surface area (Å²) in [6, 6.07) is 9.74. The van der Waals surface area contributed by atoms with E-state index >= 15 is 0 Å². The van der Waals surface area contributed by atoms with Gasteiger partial charge in [0.15, 0.2) is 5.78 Å². The van der Waals surface area contributed by atoms with Crippen LogP contribution in [-0.4, -0.2) is 34.3 Å². The number of carbonyl (C=O) groups is 1. The van der Waals surface area contributed by atoms with E-state index in [9.17, 15) is 4.79 Å². The van der Waals surface area contributed by atoms with Crippen molar-refractivity contribution in [2.45, 2.75) is 39.7 Å². The number of benzene rings is 1. The highest BCUT2D eigenvalue weighted by Gasteiger charge is 2.36. The monoisotopic (exact) mass is 284 g/mol. The molecule has 3 heteroatoms. The fraction of sp³-hybridized carbons (Fsp3) is 0.444. The lowest BCUT2D eigenvalue weighted by Gasteiger charge is -2.38. The third-order valence-electron chi connectivity index (χ3n) is 4.51. The van der Waals surface area contributed by atoms with Gasteiger partial charge in [-0.25, -0.2) is 0 Å². The first kappa shape index (κ1) is 15.6. The summed E-state index contributed by atoms with van der Waals surface area (Å²) in [6.45, 7) is 10.1. The normalized spacial score (nSPS) is 14.3. The van der Waals surface area contributed by atoms with Gasteiger partial charge in [0.1, 0.15) is 0 Å². The highest BCUT2D eigenvalue weighted by Crippen LogP contribution is 2.26. The average Bonchev–Trinajstić information content (AvgIpc) is 2.54. The van der Waals surface area contributed by atoms with Crippen LogP contribution < -0.4 is 0 Å². The molecule has 2 aromatic rings. The molecule has 1 unspecified atom stereocenters. The number of hydrogen-bond acceptors (Lipinski definition) is 3. The summed E-state index contributed by atoms with van der Waals surface area (Å²) >= 11 is 0. The molecule has 1 atom stereocenters. The van der Waals surface area contributed by atoms with E-state index in [-0.39, 0.29) is 5.78 Å². The Bertz CT molecular complexity index is 634. The molecule has 0 spiro atoms. The quantitative estimate of drug-likeness (QED) is 0.754. The van der Waals surface area contributed by atoms with Crippen molar-refractivity contribution in [2.75, 3.05) is 13.1 Å². The molecule has 0 aliphatic rings. The van der Waals surface area contributed by atoms with Gasteiger partial charge < -0.3 is 0 Å². The predicted octanol–water partition coefficient (Wildman–Crippen LogP) is 3.93. The molecule has 0 radical (unpaired) electrons. The number of ketones is 1. The molecule has 1 aromatic carbocycles. The fourth-order valence-corrected chi connectivity index (χ4v) is 2.97. The number of rotatable bonds is 6. The van der Waals surface area contributed by atoms with Gasteiger partial charge in [0.25, 0.3) is 0 Å². The van der Waals surface area contributed by atoms with Gasteiger partial charge >= 0.3 is 0 Å². The van der Waals surface area contributed by atoms with Gasteiger partial charge in [0, 0.05) is 17.1 Å². The van der Waals surface area contributed by atoms with Gasteiger partial charge in [0.05, 0.1) is 11.1 Å². The molecule has 1 aromatic heterocycles. The summed E-state index contributed by atoms with van der Waals surface area (Å²) in [7, 11) is 0. The zero-order valence-corrected chi connectivity index (χ0v) is 13.4. The van der Waals surface area contributed by atoms with E-state index < -0.39 is 5.54 Å². The van der Waals surface area contributed by atoms with Crippen LogP contribution in [0.15, 0.2) is 36.5 Å². The van der Waals surface area contributed by atoms with Crippen molar-refractivity contribution in [3.05, 3.63) is 42.1 Å². The lowest BCUT2D eigenvalue weighted by Crippen LogP contribution is -2.51. The van der Waals surface area contributed by atoms with Crippen molar-refractivity contribution in [3.63, 3.8) is 0 Å². The minimum atomic E-state index is -0.452. The fourth-order valence-electron chi connectivity index (χ4n) is 2.97. The van der Waals surface area contributed by atoms with Gasteiger partial charge in [-0.15, -0.1) is 0 Å². The highest BCUT2D eigenvalue weighted by molar-refractivity contribution is 6.05. The van der Waals surface area contributed by atoms with Crippen LogP contribution in [0, 0.1) is 0 Å². The summed E-state index contributed by atoms with van der Waals surface area (Å²) in [6.07, 6.45) is 2.56. The topological polar surface area (TPSA) is 33.2 Å². The zero-order chi connectivity index (χ0) is 15.5. The second kappa shape index (κ2) is 6.35. The molecule has 0 saturated carbocycles. The third kappa shape index (κ3) is 2.84. The van der Waals surface area contributed by atoms with Crippen LogP contribution in [0.2, 0.25) is 0 Å². The molecule has 0 amide bonds. The van der Waals surface area contributed by atoms with Crippen LogP contribution in [0.3, 0.4) is 0 Å². The summed E-state index contributed by atoms with van der Waals surface area (Å²) < 4.78 is 0. The molecule has 0 fully saturated rings. The Morgan fingerprint density at radius 3 is 2.52 bits per heavy atom. The largest absolute Gasteiger partial charge is 0.292 e. The second-order valence-electron chi connectivity index (χ2n) is 5.54. The maximum atomic E-state index is 13.0. The molecule has 3 nitrogen and oxygen atoms in total. The maximum Gasteiger partial charge on any atom is 0.182 e. The summed E-state index contributed by atoms with van der Waals surface area (Å²) in [4.78, 5) is 19.6. The highest BCUT2D eigenvalue weighted by atomic mass is 16.1. The number of nitrogens with zero attached hydrogens (tertiary/aromatic N) is 2. The van der Waals surface area contributed by atoms with Crippen LogP contribution in [0.5, 0.6) is 0 Å². The van der Waals surface area contributed by atoms with Gasteiger partial charge in [-0.2, -0.15) is 0 Å². The van der Waals surface area contributed by atoms with E-state index in [0.29, 0.717) is 0 Å². The Morgan fingerprint density at radius 2 is 1.90 bits per heavy atom. The standard InChI is InChI=1S/C18H24N2O/c1-5-18(4,20(6-2)7-3)17(21)15-11-10-14-9-8-12-19-16(14)13-15/h8-13H,5-7H2,1-4H3. The Morgan fingerprint density at radius 1 is 1.19 bits per heavy atom. The molecule has 0 saturated heterocycles. The molecular formula is C18H24N2O. The number of carbonyl (C=O) groups excluding carboxylic acids is 1. The average molecular weight is 284 g/mol. The number of pyridine rings is 1. The molecule has 0 N–H and O–H groups in total. The summed E-state index contributed by atoms with van der Waals surface area (Å²) in [5, 5.41) is 1.06. The number of aromatic nitrogens is 1. The van der Waals surface area contributed by atoms with E-state index in [4.69, 9.17) is 0 Å². The van der Waals surface area contributed by atoms with E-state index in [2.05, 4.69) is 30.7 Å². The van der Waals surface area contributed by atoms with Gasteiger partial charge in [-0.1, -0.05) is 39.0 Å². The van der Waals surface area contributed by atoms with Crippen molar-refractivity contribution in [1.29, 1.82) is 0 Å². The maximum absolute atomic E-state index is 13.0. The number of Topliss-reactive ketones (excluding diaryl/α,β-unsaturated/α-hetero) is 1. The molecule has 2 rings (SSSR count). The van der Waals surface area contributed by atoms with Crippen molar-refractivity contribution < 1.29 is 4.79 Å². The Labute approximate surface area is 127 Å². The predicted molar refractivity (Wildman–Crippen MR) is 87.7 cm³/mol. The van der Waals surface area contributed by atoms with E-state index in [1.807, 2.05) is 37.3 Å². The van der Waals surface area contributed by atoms with E-state index in [1.54, 1.807) is 6.20 Å². The third-order valence-corrected chi connectivity index (χ3v) is 4.51. The molecule has 0 bridgehead atoms. The molecule has 112 valence electrons. The first-order valence-electron chi connectivity index (χ1n) is 7.71. The van der Waals surface area contributed by atoms with Crippen molar-refractivity contribution >= 4 is 16.7 Å². The number of hydrogen-bond donors (Lipinski definition) is 0. The number of fused-ring (bicyclic) bond motifs is 1. The first-order chi connectivity index (χ1) is 10.1. The Hall–Kier alpha value is -1.74. The number of likely N-dealkylation sites (N-methyl/N-ethyl adjacent to an activating group) is 1. The molecule has 0 aliphatic carbocycles. The smallest absolute Gasteiger partial charge is 0.182 e. The van der Waals surface area contributed by atoms with Crippen LogP contribution in [-0.2, 0) is 0 Å². The molecular weight excluding hydrogens is 260 g/mol. The lowest BCUT2D eigenvalue weighted by atomic mass is 9.86. The van der Waals surface area contributed by atoms with E-state index in [0.717, 1.165) is 36.0 Å². The summed E-state index contributed by atoms with van der Waals surface area (Å²) in [5.74, 6) is 0.182. The molecule has 0 aliphatic heterocycles. The summed E-state index contributed by atoms with van der Waals surface area (Å²) in [5.41, 5.74) is 1.17. The second-order valence-corrected chi connectivity index (χ2v) is 5.54. The van der Waals surface area contributed by atoms with Crippen LogP contribution in [0.4, 0.5) is 0 Å². The Kier molecular flexibility index (Phi) is 4.73. The molecule has 1 heterocycles. The first-order valence-corrected chi connectivity index (χ1v) is 7.71. The van der Waals surface area contributed by atoms with Gasteiger partial charge in [-0.05, 0) is 38.6 Å². The van der Waals surface area contributed by atoms with Crippen molar-refractivity contribution in [3.8, 4) is 0 Å². The van der Waals surface area contributed by atoms with E-state index in [1.165, 1.54) is 0 Å². The van der Waals surface area contributed by atoms with Crippen LogP contribution in [0.25, 0.3) is 10.9 Å².